The number of halogens is 2. The standard InChI is InChI=1S/C18H21F2N7O/c19-14(20)9-23-11-1-3-12(4-2-11)24-17(28)16-15-13(5-6-22-15)25-18(26-16)27-8-7-21-10-27/h5-8,10-12,14,22-23H,1-4,9H2,(H,24,28)/t11-,12+. The third kappa shape index (κ3) is 4.01. The summed E-state index contributed by atoms with van der Waals surface area (Å²) in [6, 6.07) is 1.85. The minimum absolute atomic E-state index is 0.00577. The Bertz CT molecular complexity index is 933. The molecule has 4 rings (SSSR count). The summed E-state index contributed by atoms with van der Waals surface area (Å²) in [4.78, 5) is 28.8. The van der Waals surface area contributed by atoms with Crippen molar-refractivity contribution in [2.45, 2.75) is 44.2 Å². The van der Waals surface area contributed by atoms with Gasteiger partial charge in [0.15, 0.2) is 5.69 Å². The van der Waals surface area contributed by atoms with Crippen molar-refractivity contribution in [3.8, 4) is 5.95 Å². The van der Waals surface area contributed by atoms with Crippen LogP contribution in [0, 0.1) is 0 Å². The minimum Gasteiger partial charge on any atom is -0.358 e. The molecule has 28 heavy (non-hydrogen) atoms. The van der Waals surface area contributed by atoms with E-state index in [1.807, 2.05) is 0 Å². The first-order valence-electron chi connectivity index (χ1n) is 9.26. The molecular formula is C18H21F2N7O. The Balaban J connectivity index is 1.45. The van der Waals surface area contributed by atoms with Crippen LogP contribution in [0.15, 0.2) is 31.0 Å². The summed E-state index contributed by atoms with van der Waals surface area (Å²) in [5.74, 6) is 0.0925. The highest BCUT2D eigenvalue weighted by atomic mass is 19.3. The fourth-order valence-electron chi connectivity index (χ4n) is 3.54. The van der Waals surface area contributed by atoms with E-state index >= 15 is 0 Å². The Morgan fingerprint density at radius 2 is 2.04 bits per heavy atom. The minimum atomic E-state index is -2.34. The molecule has 0 bridgehead atoms. The molecule has 0 saturated heterocycles. The van der Waals surface area contributed by atoms with Crippen molar-refractivity contribution < 1.29 is 13.6 Å². The first-order chi connectivity index (χ1) is 13.6. The summed E-state index contributed by atoms with van der Waals surface area (Å²) in [6.45, 7) is -0.287. The van der Waals surface area contributed by atoms with Gasteiger partial charge < -0.3 is 15.6 Å². The van der Waals surface area contributed by atoms with Crippen LogP contribution in [0.25, 0.3) is 17.0 Å². The second-order valence-electron chi connectivity index (χ2n) is 6.90. The molecule has 0 aliphatic heterocycles. The number of amides is 1. The van der Waals surface area contributed by atoms with E-state index in [1.54, 1.807) is 35.6 Å². The third-order valence-corrected chi connectivity index (χ3v) is 4.97. The summed E-state index contributed by atoms with van der Waals surface area (Å²) >= 11 is 0. The van der Waals surface area contributed by atoms with Crippen molar-refractivity contribution in [1.29, 1.82) is 0 Å². The van der Waals surface area contributed by atoms with E-state index in [-0.39, 0.29) is 30.2 Å². The molecule has 10 heteroatoms. The van der Waals surface area contributed by atoms with Gasteiger partial charge in [0.05, 0.1) is 17.6 Å². The average molecular weight is 389 g/mol. The molecule has 3 heterocycles. The van der Waals surface area contributed by atoms with Crippen LogP contribution in [0.5, 0.6) is 0 Å². The van der Waals surface area contributed by atoms with E-state index in [9.17, 15) is 13.6 Å². The number of rotatable bonds is 6. The quantitative estimate of drug-likeness (QED) is 0.599. The Morgan fingerprint density at radius 3 is 2.75 bits per heavy atom. The molecule has 0 spiro atoms. The number of carbonyl (C=O) groups excluding carboxylic acids is 1. The molecule has 3 aromatic heterocycles. The van der Waals surface area contributed by atoms with Gasteiger partial charge >= 0.3 is 0 Å². The van der Waals surface area contributed by atoms with Gasteiger partial charge in [-0.1, -0.05) is 0 Å². The Hall–Kier alpha value is -2.88. The fourth-order valence-corrected chi connectivity index (χ4v) is 3.54. The lowest BCUT2D eigenvalue weighted by atomic mass is 9.91. The third-order valence-electron chi connectivity index (χ3n) is 4.97. The van der Waals surface area contributed by atoms with Crippen LogP contribution in [0.4, 0.5) is 8.78 Å². The van der Waals surface area contributed by atoms with Crippen LogP contribution >= 0.6 is 0 Å². The van der Waals surface area contributed by atoms with Gasteiger partial charge in [-0.05, 0) is 31.7 Å². The highest BCUT2D eigenvalue weighted by Gasteiger charge is 2.25. The molecule has 1 saturated carbocycles. The number of hydrogen-bond acceptors (Lipinski definition) is 5. The van der Waals surface area contributed by atoms with Crippen molar-refractivity contribution >= 4 is 16.9 Å². The van der Waals surface area contributed by atoms with Crippen LogP contribution < -0.4 is 10.6 Å². The monoisotopic (exact) mass is 389 g/mol. The normalized spacial score (nSPS) is 20.0. The van der Waals surface area contributed by atoms with E-state index in [1.165, 1.54) is 0 Å². The zero-order chi connectivity index (χ0) is 19.5. The van der Waals surface area contributed by atoms with Crippen molar-refractivity contribution in [3.63, 3.8) is 0 Å². The Morgan fingerprint density at radius 1 is 1.25 bits per heavy atom. The largest absolute Gasteiger partial charge is 0.358 e. The fraction of sp³-hybridized carbons (Fsp3) is 0.444. The van der Waals surface area contributed by atoms with Gasteiger partial charge in [0.2, 0.25) is 5.95 Å². The first-order valence-corrected chi connectivity index (χ1v) is 9.26. The lowest BCUT2D eigenvalue weighted by molar-refractivity contribution is 0.0918. The molecule has 1 fully saturated rings. The molecule has 1 aliphatic carbocycles. The number of aromatic nitrogens is 5. The lowest BCUT2D eigenvalue weighted by Crippen LogP contribution is -2.43. The van der Waals surface area contributed by atoms with E-state index in [4.69, 9.17) is 0 Å². The number of alkyl halides is 2. The van der Waals surface area contributed by atoms with E-state index in [0.29, 0.717) is 17.0 Å². The van der Waals surface area contributed by atoms with Gasteiger partial charge in [0, 0.05) is 30.7 Å². The van der Waals surface area contributed by atoms with Crippen molar-refractivity contribution in [3.05, 3.63) is 36.7 Å². The number of hydrogen-bond donors (Lipinski definition) is 3. The molecule has 0 unspecified atom stereocenters. The second kappa shape index (κ2) is 8.01. The number of nitrogens with zero attached hydrogens (tertiary/aromatic N) is 4. The van der Waals surface area contributed by atoms with E-state index < -0.39 is 6.43 Å². The van der Waals surface area contributed by atoms with Crippen LogP contribution in [0.1, 0.15) is 36.2 Å². The van der Waals surface area contributed by atoms with Crippen molar-refractivity contribution in [2.75, 3.05) is 6.54 Å². The summed E-state index contributed by atoms with van der Waals surface area (Å²) in [5, 5.41) is 5.90. The van der Waals surface area contributed by atoms with Crippen molar-refractivity contribution in [1.82, 2.24) is 35.1 Å². The lowest BCUT2D eigenvalue weighted by Gasteiger charge is -2.29. The maximum Gasteiger partial charge on any atom is 0.272 e. The zero-order valence-electron chi connectivity index (χ0n) is 15.1. The van der Waals surface area contributed by atoms with Crippen LogP contribution in [0.2, 0.25) is 0 Å². The topological polar surface area (TPSA) is 101 Å². The molecule has 8 nitrogen and oxygen atoms in total. The number of aromatic amines is 1. The number of nitrogens with one attached hydrogen (secondary N) is 3. The van der Waals surface area contributed by atoms with Crippen LogP contribution in [-0.4, -0.2) is 55.5 Å². The maximum absolute atomic E-state index is 12.9. The maximum atomic E-state index is 12.9. The van der Waals surface area contributed by atoms with Gasteiger partial charge in [-0.25, -0.2) is 23.7 Å². The molecule has 1 amide bonds. The Labute approximate surface area is 159 Å². The van der Waals surface area contributed by atoms with Gasteiger partial charge in [-0.3, -0.25) is 9.36 Å². The number of imidazole rings is 1. The van der Waals surface area contributed by atoms with E-state index in [2.05, 4.69) is 30.6 Å². The van der Waals surface area contributed by atoms with Crippen molar-refractivity contribution in [2.24, 2.45) is 0 Å². The molecule has 0 atom stereocenters. The van der Waals surface area contributed by atoms with E-state index in [0.717, 1.165) is 25.7 Å². The molecule has 0 aromatic carbocycles. The highest BCUT2D eigenvalue weighted by molar-refractivity contribution is 6.03. The van der Waals surface area contributed by atoms with Gasteiger partial charge in [-0.2, -0.15) is 0 Å². The number of fused-ring (bicyclic) bond motifs is 1. The van der Waals surface area contributed by atoms with Gasteiger partial charge in [-0.15, -0.1) is 0 Å². The molecule has 3 aromatic rings. The molecule has 148 valence electrons. The first kappa shape index (κ1) is 18.5. The predicted octanol–water partition coefficient (Wildman–Crippen LogP) is 2.04. The SMILES string of the molecule is O=C(N[C@H]1CC[C@@H](NCC(F)F)CC1)c1nc(-n2ccnc2)nc2cc[nH]c12. The van der Waals surface area contributed by atoms with Gasteiger partial charge in [0.1, 0.15) is 6.33 Å². The molecule has 3 N–H and O–H groups in total. The summed E-state index contributed by atoms with van der Waals surface area (Å²) in [6.07, 6.45) is 7.24. The average Bonchev–Trinajstić information content (AvgIpc) is 3.38. The predicted molar refractivity (Wildman–Crippen MR) is 98.5 cm³/mol. The molecular weight excluding hydrogens is 368 g/mol. The van der Waals surface area contributed by atoms with Crippen LogP contribution in [0.3, 0.4) is 0 Å². The highest BCUT2D eigenvalue weighted by Crippen LogP contribution is 2.21. The molecule has 0 radical (unpaired) electrons. The smallest absolute Gasteiger partial charge is 0.272 e. The zero-order valence-corrected chi connectivity index (χ0v) is 15.1. The number of H-pyrrole nitrogens is 1. The van der Waals surface area contributed by atoms with Gasteiger partial charge in [0.25, 0.3) is 12.3 Å². The summed E-state index contributed by atoms with van der Waals surface area (Å²) in [7, 11) is 0. The summed E-state index contributed by atoms with van der Waals surface area (Å²) in [5.41, 5.74) is 1.49. The summed E-state index contributed by atoms with van der Waals surface area (Å²) < 4.78 is 26.3. The van der Waals surface area contributed by atoms with Crippen LogP contribution in [-0.2, 0) is 0 Å². The Kier molecular flexibility index (Phi) is 5.29. The second-order valence-corrected chi connectivity index (χ2v) is 6.90. The number of carbonyl (C=O) groups is 1. The molecule has 1 aliphatic rings.